The maximum absolute atomic E-state index is 11.3. The van der Waals surface area contributed by atoms with E-state index in [4.69, 9.17) is 0 Å². The number of hydrogen-bond donors (Lipinski definition) is 2. The number of unbranched alkanes of at least 4 members (excludes halogenated alkanes) is 1. The van der Waals surface area contributed by atoms with Gasteiger partial charge in [-0.15, -0.1) is 11.3 Å². The lowest BCUT2D eigenvalue weighted by Crippen LogP contribution is -2.29. The molecule has 0 aliphatic rings. The molecule has 0 unspecified atom stereocenters. The Labute approximate surface area is 115 Å². The molecule has 2 rings (SSSR count). The molecule has 0 saturated carbocycles. The Kier molecular flexibility index (Phi) is 4.31. The highest BCUT2D eigenvalue weighted by molar-refractivity contribution is 7.17. The Morgan fingerprint density at radius 2 is 2.32 bits per heavy atom. The van der Waals surface area contributed by atoms with E-state index in [1.165, 1.54) is 6.33 Å². The van der Waals surface area contributed by atoms with Crippen molar-refractivity contribution in [1.82, 2.24) is 9.97 Å². The first-order chi connectivity index (χ1) is 9.13. The Morgan fingerprint density at radius 3 is 3.00 bits per heavy atom. The molecule has 0 fully saturated rings. The minimum atomic E-state index is -0.840. The SMILES string of the molecule is CCCC[C@H](Nc1ncnc2scc(C)c12)C(=O)O. The Hall–Kier alpha value is -1.69. The number of nitrogens with one attached hydrogen (secondary N) is 1. The zero-order valence-corrected chi connectivity index (χ0v) is 11.8. The number of anilines is 1. The number of rotatable bonds is 6. The highest BCUT2D eigenvalue weighted by Gasteiger charge is 2.19. The number of thiophene rings is 1. The Morgan fingerprint density at radius 1 is 1.53 bits per heavy atom. The number of fused-ring (bicyclic) bond motifs is 1. The molecule has 0 aromatic carbocycles. The lowest BCUT2D eigenvalue weighted by molar-refractivity contribution is -0.138. The molecule has 0 bridgehead atoms. The summed E-state index contributed by atoms with van der Waals surface area (Å²) >= 11 is 1.54. The first-order valence-corrected chi connectivity index (χ1v) is 7.19. The molecule has 0 spiro atoms. The van der Waals surface area contributed by atoms with Crippen molar-refractivity contribution in [3.63, 3.8) is 0 Å². The smallest absolute Gasteiger partial charge is 0.326 e. The van der Waals surface area contributed by atoms with Gasteiger partial charge >= 0.3 is 5.97 Å². The molecule has 102 valence electrons. The van der Waals surface area contributed by atoms with Gasteiger partial charge in [0.15, 0.2) is 0 Å². The van der Waals surface area contributed by atoms with Gasteiger partial charge in [0.1, 0.15) is 23.0 Å². The average molecular weight is 279 g/mol. The highest BCUT2D eigenvalue weighted by Crippen LogP contribution is 2.29. The van der Waals surface area contributed by atoms with E-state index in [-0.39, 0.29) is 0 Å². The van der Waals surface area contributed by atoms with Crippen molar-refractivity contribution >= 4 is 33.3 Å². The van der Waals surface area contributed by atoms with Crippen LogP contribution in [0.2, 0.25) is 0 Å². The number of aryl methyl sites for hydroxylation is 1. The lowest BCUT2D eigenvalue weighted by Gasteiger charge is -2.15. The molecular formula is C13H17N3O2S. The summed E-state index contributed by atoms with van der Waals surface area (Å²) in [5.74, 6) is -0.222. The first kappa shape index (κ1) is 13.7. The average Bonchev–Trinajstić information content (AvgIpc) is 2.77. The first-order valence-electron chi connectivity index (χ1n) is 6.31. The standard InChI is InChI=1S/C13H17N3O2S/c1-3-4-5-9(13(17)18)16-11-10-8(2)6-19-12(10)15-7-14-11/h6-7,9H,3-5H2,1-2H3,(H,17,18)(H,14,15,16)/t9-/m0/s1. The molecule has 0 saturated heterocycles. The topological polar surface area (TPSA) is 75.1 Å². The van der Waals surface area contributed by atoms with Crippen molar-refractivity contribution in [3.05, 3.63) is 17.3 Å². The van der Waals surface area contributed by atoms with E-state index in [1.54, 1.807) is 11.3 Å². The Balaban J connectivity index is 2.28. The number of aromatic nitrogens is 2. The zero-order valence-electron chi connectivity index (χ0n) is 11.0. The second kappa shape index (κ2) is 5.97. The highest BCUT2D eigenvalue weighted by atomic mass is 32.1. The Bertz CT molecular complexity index is 582. The molecule has 1 atom stereocenters. The van der Waals surface area contributed by atoms with E-state index in [0.29, 0.717) is 12.2 Å². The van der Waals surface area contributed by atoms with Crippen LogP contribution in [-0.2, 0) is 4.79 Å². The maximum Gasteiger partial charge on any atom is 0.326 e. The van der Waals surface area contributed by atoms with E-state index in [0.717, 1.165) is 28.6 Å². The van der Waals surface area contributed by atoms with Gasteiger partial charge in [0.25, 0.3) is 0 Å². The molecule has 19 heavy (non-hydrogen) atoms. The van der Waals surface area contributed by atoms with Crippen LogP contribution in [0.3, 0.4) is 0 Å². The number of carboxylic acids is 1. The van der Waals surface area contributed by atoms with Gasteiger partial charge in [-0.05, 0) is 24.3 Å². The summed E-state index contributed by atoms with van der Waals surface area (Å²) in [5, 5.41) is 15.2. The van der Waals surface area contributed by atoms with Gasteiger partial charge in [-0.1, -0.05) is 19.8 Å². The summed E-state index contributed by atoms with van der Waals surface area (Å²) in [6, 6.07) is -0.600. The van der Waals surface area contributed by atoms with Crippen LogP contribution in [0, 0.1) is 6.92 Å². The normalized spacial score (nSPS) is 12.5. The fourth-order valence-corrected chi connectivity index (χ4v) is 2.85. The fourth-order valence-electron chi connectivity index (χ4n) is 1.96. The molecule has 0 amide bonds. The summed E-state index contributed by atoms with van der Waals surface area (Å²) in [6.45, 7) is 4.03. The summed E-state index contributed by atoms with van der Waals surface area (Å²) in [7, 11) is 0. The van der Waals surface area contributed by atoms with Gasteiger partial charge in [0.05, 0.1) is 5.39 Å². The summed E-state index contributed by atoms with van der Waals surface area (Å²) in [6.07, 6.45) is 3.92. The van der Waals surface area contributed by atoms with Crippen LogP contribution in [0.25, 0.3) is 10.2 Å². The van der Waals surface area contributed by atoms with Crippen molar-refractivity contribution in [2.24, 2.45) is 0 Å². The van der Waals surface area contributed by atoms with E-state index in [2.05, 4.69) is 15.3 Å². The zero-order chi connectivity index (χ0) is 13.8. The fraction of sp³-hybridized carbons (Fsp3) is 0.462. The molecule has 0 aliphatic carbocycles. The van der Waals surface area contributed by atoms with E-state index in [1.807, 2.05) is 19.2 Å². The predicted molar refractivity (Wildman–Crippen MR) is 76.7 cm³/mol. The number of hydrogen-bond acceptors (Lipinski definition) is 5. The number of carbonyl (C=O) groups is 1. The monoisotopic (exact) mass is 279 g/mol. The van der Waals surface area contributed by atoms with Crippen molar-refractivity contribution in [3.8, 4) is 0 Å². The van der Waals surface area contributed by atoms with Gasteiger partial charge in [0, 0.05) is 0 Å². The van der Waals surface area contributed by atoms with Crippen LogP contribution in [0.1, 0.15) is 31.7 Å². The van der Waals surface area contributed by atoms with Crippen LogP contribution in [0.15, 0.2) is 11.7 Å². The quantitative estimate of drug-likeness (QED) is 0.850. The van der Waals surface area contributed by atoms with Crippen molar-refractivity contribution < 1.29 is 9.90 Å². The van der Waals surface area contributed by atoms with Gasteiger partial charge in [-0.2, -0.15) is 0 Å². The predicted octanol–water partition coefficient (Wildman–Crippen LogP) is 3.06. The van der Waals surface area contributed by atoms with E-state index in [9.17, 15) is 9.90 Å². The minimum absolute atomic E-state index is 0.598. The molecule has 0 radical (unpaired) electrons. The summed E-state index contributed by atoms with van der Waals surface area (Å²) < 4.78 is 0. The van der Waals surface area contributed by atoms with Gasteiger partial charge in [0.2, 0.25) is 0 Å². The van der Waals surface area contributed by atoms with Gasteiger partial charge < -0.3 is 10.4 Å². The molecule has 2 aromatic heterocycles. The molecule has 6 heteroatoms. The number of carboxylic acid groups (broad SMARTS) is 1. The van der Waals surface area contributed by atoms with Crippen molar-refractivity contribution in [2.75, 3.05) is 5.32 Å². The van der Waals surface area contributed by atoms with Crippen LogP contribution < -0.4 is 5.32 Å². The number of nitrogens with zero attached hydrogens (tertiary/aromatic N) is 2. The van der Waals surface area contributed by atoms with Crippen LogP contribution in [0.4, 0.5) is 5.82 Å². The molecule has 2 aromatic rings. The lowest BCUT2D eigenvalue weighted by atomic mass is 10.1. The van der Waals surface area contributed by atoms with Crippen molar-refractivity contribution in [1.29, 1.82) is 0 Å². The van der Waals surface area contributed by atoms with E-state index < -0.39 is 12.0 Å². The van der Waals surface area contributed by atoms with Crippen LogP contribution >= 0.6 is 11.3 Å². The third-order valence-corrected chi connectivity index (χ3v) is 4.01. The molecule has 2 N–H and O–H groups in total. The second-order valence-corrected chi connectivity index (χ2v) is 5.36. The maximum atomic E-state index is 11.3. The summed E-state index contributed by atoms with van der Waals surface area (Å²) in [4.78, 5) is 20.5. The van der Waals surface area contributed by atoms with E-state index >= 15 is 0 Å². The third-order valence-electron chi connectivity index (χ3n) is 3.01. The molecule has 5 nitrogen and oxygen atoms in total. The minimum Gasteiger partial charge on any atom is -0.480 e. The largest absolute Gasteiger partial charge is 0.480 e. The van der Waals surface area contributed by atoms with Crippen LogP contribution in [0.5, 0.6) is 0 Å². The van der Waals surface area contributed by atoms with Gasteiger partial charge in [-0.3, -0.25) is 0 Å². The van der Waals surface area contributed by atoms with Crippen LogP contribution in [-0.4, -0.2) is 27.1 Å². The molecule has 2 heterocycles. The van der Waals surface area contributed by atoms with Crippen molar-refractivity contribution in [2.45, 2.75) is 39.2 Å². The second-order valence-electron chi connectivity index (χ2n) is 4.50. The summed E-state index contributed by atoms with van der Waals surface area (Å²) in [5.41, 5.74) is 1.07. The molecular weight excluding hydrogens is 262 g/mol. The third kappa shape index (κ3) is 3.01. The molecule has 0 aliphatic heterocycles. The van der Waals surface area contributed by atoms with Gasteiger partial charge in [-0.25, -0.2) is 14.8 Å². The number of aliphatic carboxylic acids is 1.